The molecule has 0 radical (unpaired) electrons. The number of para-hydroxylation sites is 1. The fraction of sp³-hybridized carbons (Fsp3) is 0.348. The minimum atomic E-state index is 0.316. The highest BCUT2D eigenvalue weighted by Crippen LogP contribution is 2.30. The summed E-state index contributed by atoms with van der Waals surface area (Å²) in [4.78, 5) is 10.2. The second kappa shape index (κ2) is 8.98. The lowest BCUT2D eigenvalue weighted by molar-refractivity contribution is 0.394. The van der Waals surface area contributed by atoms with Crippen molar-refractivity contribution >= 4 is 22.5 Å². The fourth-order valence-corrected chi connectivity index (χ4v) is 3.88. The van der Waals surface area contributed by atoms with Gasteiger partial charge in [-0.3, -0.25) is 4.99 Å². The zero-order chi connectivity index (χ0) is 20.9. The van der Waals surface area contributed by atoms with Gasteiger partial charge in [0.1, 0.15) is 11.5 Å². The molecule has 1 unspecified atom stereocenters. The van der Waals surface area contributed by atoms with Gasteiger partial charge < -0.3 is 30.0 Å². The van der Waals surface area contributed by atoms with Crippen molar-refractivity contribution in [3.8, 4) is 11.5 Å². The van der Waals surface area contributed by atoms with E-state index in [4.69, 9.17) is 9.47 Å². The third-order valence-corrected chi connectivity index (χ3v) is 5.49. The van der Waals surface area contributed by atoms with Gasteiger partial charge in [0.25, 0.3) is 0 Å². The second-order valence-corrected chi connectivity index (χ2v) is 7.45. The number of aromatic nitrogens is 1. The van der Waals surface area contributed by atoms with Gasteiger partial charge in [0.2, 0.25) is 0 Å². The minimum absolute atomic E-state index is 0.316. The second-order valence-electron chi connectivity index (χ2n) is 7.45. The van der Waals surface area contributed by atoms with Crippen LogP contribution in [-0.2, 0) is 6.54 Å². The summed E-state index contributed by atoms with van der Waals surface area (Å²) in [6, 6.07) is 16.8. The summed E-state index contributed by atoms with van der Waals surface area (Å²) in [6.07, 6.45) is 1.03. The highest BCUT2D eigenvalue weighted by atomic mass is 16.5. The molecule has 1 fully saturated rings. The zero-order valence-corrected chi connectivity index (χ0v) is 17.7. The molecular formula is C23H29N5O2. The predicted octanol–water partition coefficient (Wildman–Crippen LogP) is 3.13. The van der Waals surface area contributed by atoms with Crippen molar-refractivity contribution in [2.75, 3.05) is 39.3 Å². The largest absolute Gasteiger partial charge is 0.497 e. The summed E-state index contributed by atoms with van der Waals surface area (Å²) in [6.45, 7) is 2.55. The molecule has 0 spiro atoms. The standard InChI is InChI=1S/C23H29N5O2/c1-24-23(25-14-18-10-16-6-4-5-7-22(16)26-18)27-17-8-9-28(15-17)19-11-20(29-2)13-21(12-19)30-3/h4-7,10-13,17,26H,8-9,14-15H2,1-3H3,(H2,24,25,27). The molecule has 0 bridgehead atoms. The number of guanidine groups is 1. The molecule has 158 valence electrons. The summed E-state index contributed by atoms with van der Waals surface area (Å²) in [5.74, 6) is 2.41. The molecule has 0 aliphatic carbocycles. The van der Waals surface area contributed by atoms with Crippen LogP contribution < -0.4 is 25.0 Å². The minimum Gasteiger partial charge on any atom is -0.497 e. The normalized spacial score (nSPS) is 16.7. The lowest BCUT2D eigenvalue weighted by atomic mass is 10.2. The van der Waals surface area contributed by atoms with Crippen LogP contribution in [0.25, 0.3) is 10.9 Å². The van der Waals surface area contributed by atoms with E-state index in [1.165, 1.54) is 5.39 Å². The fourth-order valence-electron chi connectivity index (χ4n) is 3.88. The Morgan fingerprint density at radius 3 is 2.60 bits per heavy atom. The van der Waals surface area contributed by atoms with Gasteiger partial charge in [-0.05, 0) is 23.9 Å². The maximum absolute atomic E-state index is 5.41. The van der Waals surface area contributed by atoms with E-state index in [1.807, 2.05) is 24.3 Å². The smallest absolute Gasteiger partial charge is 0.191 e. The molecule has 1 aliphatic heterocycles. The topological polar surface area (TPSA) is 73.9 Å². The molecule has 1 aromatic heterocycles. The average Bonchev–Trinajstić information content (AvgIpc) is 3.42. The van der Waals surface area contributed by atoms with Gasteiger partial charge in [0.05, 0.1) is 20.8 Å². The van der Waals surface area contributed by atoms with E-state index in [-0.39, 0.29) is 0 Å². The van der Waals surface area contributed by atoms with Crippen LogP contribution in [0, 0.1) is 0 Å². The van der Waals surface area contributed by atoms with Gasteiger partial charge in [0.15, 0.2) is 5.96 Å². The van der Waals surface area contributed by atoms with E-state index in [9.17, 15) is 0 Å². The number of benzene rings is 2. The molecule has 1 saturated heterocycles. The van der Waals surface area contributed by atoms with Crippen LogP contribution in [0.5, 0.6) is 11.5 Å². The summed E-state index contributed by atoms with van der Waals surface area (Å²) < 4.78 is 10.8. The molecule has 1 atom stereocenters. The van der Waals surface area contributed by atoms with Crippen LogP contribution in [-0.4, -0.2) is 51.3 Å². The number of aromatic amines is 1. The molecule has 1 aliphatic rings. The van der Waals surface area contributed by atoms with E-state index in [0.29, 0.717) is 12.6 Å². The Morgan fingerprint density at radius 1 is 1.13 bits per heavy atom. The lowest BCUT2D eigenvalue weighted by Crippen LogP contribution is -2.44. The third kappa shape index (κ3) is 4.45. The number of nitrogens with zero attached hydrogens (tertiary/aromatic N) is 2. The number of ether oxygens (including phenoxy) is 2. The Bertz CT molecular complexity index is 974. The molecule has 3 N–H and O–H groups in total. The number of aliphatic imine (C=N–C) groups is 1. The quantitative estimate of drug-likeness (QED) is 0.432. The Morgan fingerprint density at radius 2 is 1.90 bits per heavy atom. The van der Waals surface area contributed by atoms with Crippen LogP contribution in [0.2, 0.25) is 0 Å². The number of hydrogen-bond acceptors (Lipinski definition) is 4. The van der Waals surface area contributed by atoms with Crippen molar-refractivity contribution in [3.05, 3.63) is 54.2 Å². The van der Waals surface area contributed by atoms with E-state index < -0.39 is 0 Å². The van der Waals surface area contributed by atoms with Gasteiger partial charge in [-0.25, -0.2) is 0 Å². The molecule has 4 rings (SSSR count). The number of anilines is 1. The molecule has 7 nitrogen and oxygen atoms in total. The predicted molar refractivity (Wildman–Crippen MR) is 122 cm³/mol. The molecule has 7 heteroatoms. The Kier molecular flexibility index (Phi) is 5.97. The number of hydrogen-bond donors (Lipinski definition) is 3. The number of methoxy groups -OCH3 is 2. The monoisotopic (exact) mass is 407 g/mol. The van der Waals surface area contributed by atoms with Gasteiger partial charge >= 0.3 is 0 Å². The first kappa shape index (κ1) is 19.9. The number of fused-ring (bicyclic) bond motifs is 1. The van der Waals surface area contributed by atoms with E-state index in [1.54, 1.807) is 21.3 Å². The molecule has 2 heterocycles. The Labute approximate surface area is 177 Å². The van der Waals surface area contributed by atoms with Gasteiger partial charge in [-0.2, -0.15) is 0 Å². The zero-order valence-electron chi connectivity index (χ0n) is 17.7. The van der Waals surface area contributed by atoms with Crippen LogP contribution in [0.1, 0.15) is 12.1 Å². The first-order valence-corrected chi connectivity index (χ1v) is 10.2. The first-order valence-electron chi connectivity index (χ1n) is 10.2. The first-order chi connectivity index (χ1) is 14.7. The summed E-state index contributed by atoms with van der Waals surface area (Å²) >= 11 is 0. The van der Waals surface area contributed by atoms with Crippen molar-refractivity contribution in [3.63, 3.8) is 0 Å². The van der Waals surface area contributed by atoms with Crippen LogP contribution in [0.15, 0.2) is 53.5 Å². The van der Waals surface area contributed by atoms with E-state index in [0.717, 1.165) is 53.9 Å². The number of rotatable bonds is 6. The molecule has 2 aromatic carbocycles. The maximum atomic E-state index is 5.41. The summed E-state index contributed by atoms with van der Waals surface area (Å²) in [5, 5.41) is 8.18. The molecule has 0 amide bonds. The number of H-pyrrole nitrogens is 1. The SMILES string of the molecule is CN=C(NCc1cc2ccccc2[nH]1)NC1CCN(c2cc(OC)cc(OC)c2)C1. The van der Waals surface area contributed by atoms with Crippen molar-refractivity contribution < 1.29 is 9.47 Å². The van der Waals surface area contributed by atoms with Crippen molar-refractivity contribution in [2.45, 2.75) is 19.0 Å². The van der Waals surface area contributed by atoms with Crippen molar-refractivity contribution in [1.29, 1.82) is 0 Å². The molecular weight excluding hydrogens is 378 g/mol. The van der Waals surface area contributed by atoms with Crippen LogP contribution in [0.3, 0.4) is 0 Å². The van der Waals surface area contributed by atoms with Gasteiger partial charge in [-0.1, -0.05) is 18.2 Å². The summed E-state index contributed by atoms with van der Waals surface area (Å²) in [7, 11) is 5.16. The molecule has 30 heavy (non-hydrogen) atoms. The van der Waals surface area contributed by atoms with Gasteiger partial charge in [-0.15, -0.1) is 0 Å². The van der Waals surface area contributed by atoms with Crippen LogP contribution in [0.4, 0.5) is 5.69 Å². The maximum Gasteiger partial charge on any atom is 0.191 e. The van der Waals surface area contributed by atoms with E-state index in [2.05, 4.69) is 49.8 Å². The Hall–Kier alpha value is -3.35. The third-order valence-electron chi connectivity index (χ3n) is 5.49. The lowest BCUT2D eigenvalue weighted by Gasteiger charge is -2.21. The molecule has 3 aromatic rings. The highest BCUT2D eigenvalue weighted by molar-refractivity contribution is 5.82. The highest BCUT2D eigenvalue weighted by Gasteiger charge is 2.24. The molecule has 0 saturated carbocycles. The Balaban J connectivity index is 1.35. The van der Waals surface area contributed by atoms with Gasteiger partial charge in [0, 0.05) is 61.3 Å². The van der Waals surface area contributed by atoms with E-state index >= 15 is 0 Å². The summed E-state index contributed by atoms with van der Waals surface area (Å²) in [5.41, 5.74) is 3.39. The average molecular weight is 408 g/mol. The van der Waals surface area contributed by atoms with Crippen molar-refractivity contribution in [2.24, 2.45) is 4.99 Å². The number of nitrogens with one attached hydrogen (secondary N) is 3. The van der Waals surface area contributed by atoms with Crippen molar-refractivity contribution in [1.82, 2.24) is 15.6 Å². The van der Waals surface area contributed by atoms with Crippen LogP contribution >= 0.6 is 0 Å².